The highest BCUT2D eigenvalue weighted by molar-refractivity contribution is 5.60. The number of carbonyl (C=O) groups is 1. The van der Waals surface area contributed by atoms with Gasteiger partial charge in [-0.15, -0.1) is 0 Å². The van der Waals surface area contributed by atoms with Crippen molar-refractivity contribution in [2.24, 2.45) is 5.41 Å². The molecule has 16 heavy (non-hydrogen) atoms. The second-order valence-corrected chi connectivity index (χ2v) is 4.94. The Balaban J connectivity index is 1.80. The molecule has 2 aliphatic rings. The second kappa shape index (κ2) is 5.04. The normalized spacial score (nSPS) is 27.9. The number of nitrogens with one attached hydrogen (secondary N) is 1. The summed E-state index contributed by atoms with van der Waals surface area (Å²) in [6, 6.07) is 0. The molecule has 0 aromatic rings. The number of carbonyl (C=O) groups excluding carboxylic acids is 1. The molecule has 0 bridgehead atoms. The van der Waals surface area contributed by atoms with E-state index in [0.717, 1.165) is 13.0 Å². The summed E-state index contributed by atoms with van der Waals surface area (Å²) in [5.74, 6) is 0. The maximum absolute atomic E-state index is 11.2. The molecule has 0 aromatic heterocycles. The van der Waals surface area contributed by atoms with Crippen LogP contribution in [-0.2, 0) is 9.47 Å². The van der Waals surface area contributed by atoms with Crippen LogP contribution in [0.2, 0.25) is 0 Å². The average Bonchev–Trinajstić information content (AvgIpc) is 2.63. The molecule has 0 amide bonds. The van der Waals surface area contributed by atoms with Crippen molar-refractivity contribution in [2.45, 2.75) is 51.7 Å². The van der Waals surface area contributed by atoms with Crippen molar-refractivity contribution < 1.29 is 14.3 Å². The van der Waals surface area contributed by atoms with Crippen LogP contribution in [0, 0.1) is 5.41 Å². The maximum Gasteiger partial charge on any atom is 0.509 e. The van der Waals surface area contributed by atoms with Gasteiger partial charge in [0.2, 0.25) is 0 Å². The highest BCUT2D eigenvalue weighted by atomic mass is 16.7. The lowest BCUT2D eigenvalue weighted by Gasteiger charge is -2.32. The van der Waals surface area contributed by atoms with Gasteiger partial charge in [0.25, 0.3) is 0 Å². The minimum Gasteiger partial charge on any atom is -0.435 e. The molecule has 1 heterocycles. The Bertz CT molecular complexity index is 249. The van der Waals surface area contributed by atoms with Crippen molar-refractivity contribution in [2.75, 3.05) is 13.2 Å². The number of rotatable bonds is 2. The van der Waals surface area contributed by atoms with Gasteiger partial charge in [-0.1, -0.05) is 19.3 Å². The number of ether oxygens (including phenoxy) is 2. The van der Waals surface area contributed by atoms with Gasteiger partial charge in [-0.3, -0.25) is 5.32 Å². The van der Waals surface area contributed by atoms with Crippen LogP contribution >= 0.6 is 0 Å². The first-order valence-corrected chi connectivity index (χ1v) is 6.31. The molecule has 1 unspecified atom stereocenters. The lowest BCUT2D eigenvalue weighted by Crippen LogP contribution is -2.28. The summed E-state index contributed by atoms with van der Waals surface area (Å²) in [7, 11) is 0. The van der Waals surface area contributed by atoms with Crippen molar-refractivity contribution >= 4 is 6.16 Å². The molecule has 0 radical (unpaired) electrons. The van der Waals surface area contributed by atoms with Gasteiger partial charge in [-0.25, -0.2) is 4.79 Å². The third kappa shape index (κ3) is 2.67. The predicted molar refractivity (Wildman–Crippen MR) is 60.0 cm³/mol. The average molecular weight is 227 g/mol. The van der Waals surface area contributed by atoms with Gasteiger partial charge in [0.05, 0.1) is 6.61 Å². The first-order chi connectivity index (χ1) is 7.74. The van der Waals surface area contributed by atoms with E-state index in [9.17, 15) is 4.79 Å². The molecular formula is C12H21NO3. The van der Waals surface area contributed by atoms with Crippen LogP contribution < -0.4 is 5.32 Å². The summed E-state index contributed by atoms with van der Waals surface area (Å²) in [5.41, 5.74) is 0.384. The summed E-state index contributed by atoms with van der Waals surface area (Å²) in [5, 5.41) is 3.28. The lowest BCUT2D eigenvalue weighted by molar-refractivity contribution is 0.0161. The quantitative estimate of drug-likeness (QED) is 0.736. The molecule has 1 aliphatic heterocycles. The van der Waals surface area contributed by atoms with Crippen LogP contribution in [-0.4, -0.2) is 25.5 Å². The maximum atomic E-state index is 11.2. The smallest absolute Gasteiger partial charge is 0.435 e. The molecule has 2 fully saturated rings. The lowest BCUT2D eigenvalue weighted by atomic mass is 9.73. The molecule has 92 valence electrons. The zero-order valence-electron chi connectivity index (χ0n) is 9.96. The zero-order chi connectivity index (χ0) is 11.4. The molecular weight excluding hydrogens is 206 g/mol. The van der Waals surface area contributed by atoms with Gasteiger partial charge in [0.15, 0.2) is 6.23 Å². The SMILES string of the molecule is CCOC(=O)OC1CC2(CCCCC2)CN1. The molecule has 2 rings (SSSR count). The van der Waals surface area contributed by atoms with E-state index in [-0.39, 0.29) is 6.23 Å². The van der Waals surface area contributed by atoms with Gasteiger partial charge in [0, 0.05) is 13.0 Å². The Labute approximate surface area is 96.7 Å². The molecule has 4 heteroatoms. The Morgan fingerprint density at radius 3 is 2.81 bits per heavy atom. The highest BCUT2D eigenvalue weighted by Gasteiger charge is 2.41. The topological polar surface area (TPSA) is 47.6 Å². The van der Waals surface area contributed by atoms with Crippen molar-refractivity contribution in [1.82, 2.24) is 5.32 Å². The molecule has 1 aliphatic carbocycles. The van der Waals surface area contributed by atoms with Crippen LogP contribution in [0.3, 0.4) is 0 Å². The second-order valence-electron chi connectivity index (χ2n) is 4.94. The van der Waals surface area contributed by atoms with Crippen LogP contribution in [0.5, 0.6) is 0 Å². The molecule has 0 aromatic carbocycles. The van der Waals surface area contributed by atoms with Crippen LogP contribution in [0.4, 0.5) is 4.79 Å². The molecule has 4 nitrogen and oxygen atoms in total. The van der Waals surface area contributed by atoms with Crippen molar-refractivity contribution in [3.8, 4) is 0 Å². The molecule has 1 saturated heterocycles. The van der Waals surface area contributed by atoms with E-state index in [4.69, 9.17) is 9.47 Å². The van der Waals surface area contributed by atoms with E-state index >= 15 is 0 Å². The summed E-state index contributed by atoms with van der Waals surface area (Å²) < 4.78 is 9.99. The highest BCUT2D eigenvalue weighted by Crippen LogP contribution is 2.42. The van der Waals surface area contributed by atoms with E-state index in [1.807, 2.05) is 0 Å². The first-order valence-electron chi connectivity index (χ1n) is 6.31. The fourth-order valence-electron chi connectivity index (χ4n) is 2.90. The van der Waals surface area contributed by atoms with Gasteiger partial charge >= 0.3 is 6.16 Å². The minimum atomic E-state index is -0.548. The zero-order valence-corrected chi connectivity index (χ0v) is 9.96. The van der Waals surface area contributed by atoms with E-state index in [1.54, 1.807) is 6.92 Å². The number of hydrogen-bond acceptors (Lipinski definition) is 4. The van der Waals surface area contributed by atoms with Crippen LogP contribution in [0.25, 0.3) is 0 Å². The molecule has 1 atom stereocenters. The Morgan fingerprint density at radius 2 is 2.12 bits per heavy atom. The van der Waals surface area contributed by atoms with E-state index < -0.39 is 6.16 Å². The first kappa shape index (κ1) is 11.7. The van der Waals surface area contributed by atoms with E-state index in [1.165, 1.54) is 32.1 Å². The van der Waals surface area contributed by atoms with Crippen molar-refractivity contribution in [3.05, 3.63) is 0 Å². The summed E-state index contributed by atoms with van der Waals surface area (Å²) in [6.45, 7) is 3.14. The van der Waals surface area contributed by atoms with Crippen molar-refractivity contribution in [3.63, 3.8) is 0 Å². The van der Waals surface area contributed by atoms with Gasteiger partial charge < -0.3 is 9.47 Å². The Kier molecular flexibility index (Phi) is 3.69. The van der Waals surface area contributed by atoms with Gasteiger partial charge in [0.1, 0.15) is 0 Å². The largest absolute Gasteiger partial charge is 0.509 e. The van der Waals surface area contributed by atoms with Crippen molar-refractivity contribution in [1.29, 1.82) is 0 Å². The van der Waals surface area contributed by atoms with E-state index in [0.29, 0.717) is 12.0 Å². The predicted octanol–water partition coefficient (Wildman–Crippen LogP) is 2.43. The third-order valence-corrected chi connectivity index (χ3v) is 3.74. The van der Waals surface area contributed by atoms with E-state index in [2.05, 4.69) is 5.32 Å². The fraction of sp³-hybridized carbons (Fsp3) is 0.917. The standard InChI is InChI=1S/C12H21NO3/c1-2-15-11(14)16-10-8-12(9-13-10)6-4-3-5-7-12/h10,13H,2-9H2,1H3. The number of hydrogen-bond donors (Lipinski definition) is 1. The summed E-state index contributed by atoms with van der Waals surface area (Å²) in [6.07, 6.45) is 6.77. The van der Waals surface area contributed by atoms with Gasteiger partial charge in [-0.05, 0) is 25.2 Å². The molecule has 1 spiro atoms. The Morgan fingerprint density at radius 1 is 1.38 bits per heavy atom. The van der Waals surface area contributed by atoms with Crippen LogP contribution in [0.1, 0.15) is 45.4 Å². The van der Waals surface area contributed by atoms with Crippen LogP contribution in [0.15, 0.2) is 0 Å². The molecule has 1 N–H and O–H groups in total. The van der Waals surface area contributed by atoms with Gasteiger partial charge in [-0.2, -0.15) is 0 Å². The Hall–Kier alpha value is -0.770. The molecule has 1 saturated carbocycles. The monoisotopic (exact) mass is 227 g/mol. The summed E-state index contributed by atoms with van der Waals surface area (Å²) >= 11 is 0. The third-order valence-electron chi connectivity index (χ3n) is 3.74. The fourth-order valence-corrected chi connectivity index (χ4v) is 2.90. The summed E-state index contributed by atoms with van der Waals surface area (Å²) in [4.78, 5) is 11.2. The minimum absolute atomic E-state index is 0.142.